The Morgan fingerprint density at radius 1 is 1.09 bits per heavy atom. The summed E-state index contributed by atoms with van der Waals surface area (Å²) in [5.74, 6) is 1.88. The molecule has 3 aliphatic heterocycles. The van der Waals surface area contributed by atoms with Gasteiger partial charge in [-0.2, -0.15) is 0 Å². The van der Waals surface area contributed by atoms with Gasteiger partial charge in [0.15, 0.2) is 11.7 Å². The highest BCUT2D eigenvalue weighted by Gasteiger charge is 2.30. The van der Waals surface area contributed by atoms with E-state index in [1.807, 2.05) is 13.1 Å². The van der Waals surface area contributed by atoms with Gasteiger partial charge >= 0.3 is 0 Å². The molecule has 1 saturated heterocycles. The van der Waals surface area contributed by atoms with Gasteiger partial charge in [-0.25, -0.2) is 9.98 Å². The normalized spacial score (nSPS) is 20.0. The summed E-state index contributed by atoms with van der Waals surface area (Å²) in [6, 6.07) is 6.35. The first-order valence-corrected chi connectivity index (χ1v) is 7.69. The van der Waals surface area contributed by atoms with Crippen LogP contribution in [0.15, 0.2) is 45.8 Å². The van der Waals surface area contributed by atoms with Crippen LogP contribution in [0.25, 0.3) is 0 Å². The number of nitrogens with zero attached hydrogens (tertiary/aromatic N) is 4. The number of fused-ring (bicyclic) bond motifs is 3. The number of hydrogen-bond donors (Lipinski definition) is 1. The summed E-state index contributed by atoms with van der Waals surface area (Å²) >= 11 is 0. The molecule has 0 spiro atoms. The van der Waals surface area contributed by atoms with E-state index in [0.717, 1.165) is 54.9 Å². The average molecular weight is 293 g/mol. The van der Waals surface area contributed by atoms with Gasteiger partial charge in [0.25, 0.3) is 0 Å². The summed E-state index contributed by atoms with van der Waals surface area (Å²) in [6.07, 6.45) is 1.98. The van der Waals surface area contributed by atoms with Gasteiger partial charge in [-0.1, -0.05) is 11.8 Å². The number of rotatable bonds is 0. The van der Waals surface area contributed by atoms with Crippen molar-refractivity contribution >= 4 is 23.0 Å². The first kappa shape index (κ1) is 13.3. The van der Waals surface area contributed by atoms with Crippen LogP contribution in [0.2, 0.25) is 0 Å². The minimum Gasteiger partial charge on any atom is -0.351 e. The molecule has 0 aromatic heterocycles. The smallest absolute Gasteiger partial charge is 0.182 e. The fourth-order valence-electron chi connectivity index (χ4n) is 2.98. The van der Waals surface area contributed by atoms with Gasteiger partial charge in [-0.05, 0) is 31.5 Å². The number of nitrogens with one attached hydrogen (secondary N) is 1. The molecule has 5 heteroatoms. The monoisotopic (exact) mass is 293 g/mol. The number of hydrogen-bond acceptors (Lipinski definition) is 5. The number of aryl methyl sites for hydroxylation is 1. The maximum atomic E-state index is 4.91. The molecule has 0 bridgehead atoms. The Labute approximate surface area is 130 Å². The molecule has 3 aliphatic rings. The molecule has 3 heterocycles. The van der Waals surface area contributed by atoms with Crippen LogP contribution < -0.4 is 10.2 Å². The van der Waals surface area contributed by atoms with Gasteiger partial charge in [-0.3, -0.25) is 4.90 Å². The average Bonchev–Trinajstić information content (AvgIpc) is 2.55. The Hall–Kier alpha value is -2.36. The Bertz CT molecular complexity index is 746. The number of allylic oxidation sites excluding steroid dienone is 1. The fourth-order valence-corrected chi connectivity index (χ4v) is 2.98. The van der Waals surface area contributed by atoms with Crippen molar-refractivity contribution in [3.8, 4) is 0 Å². The van der Waals surface area contributed by atoms with Crippen LogP contribution in [0.5, 0.6) is 0 Å². The van der Waals surface area contributed by atoms with Crippen LogP contribution in [0.1, 0.15) is 12.5 Å². The highest BCUT2D eigenvalue weighted by molar-refractivity contribution is 6.48. The molecule has 0 radical (unpaired) electrons. The summed E-state index contributed by atoms with van der Waals surface area (Å²) in [7, 11) is 0. The summed E-state index contributed by atoms with van der Waals surface area (Å²) in [6.45, 7) is 7.96. The van der Waals surface area contributed by atoms with Crippen molar-refractivity contribution in [3.05, 3.63) is 41.4 Å². The molecular weight excluding hydrogens is 274 g/mol. The third-order valence-electron chi connectivity index (χ3n) is 4.14. The molecule has 4 rings (SSSR count). The van der Waals surface area contributed by atoms with E-state index in [-0.39, 0.29) is 0 Å². The van der Waals surface area contributed by atoms with Crippen LogP contribution >= 0.6 is 0 Å². The Kier molecular flexibility index (Phi) is 3.10. The van der Waals surface area contributed by atoms with E-state index >= 15 is 0 Å². The lowest BCUT2D eigenvalue weighted by atomic mass is 10.1. The van der Waals surface area contributed by atoms with Gasteiger partial charge in [-0.15, -0.1) is 0 Å². The van der Waals surface area contributed by atoms with E-state index in [1.165, 1.54) is 5.56 Å². The molecule has 0 saturated carbocycles. The van der Waals surface area contributed by atoms with Crippen LogP contribution in [0.3, 0.4) is 0 Å². The van der Waals surface area contributed by atoms with Crippen molar-refractivity contribution in [1.82, 2.24) is 10.2 Å². The van der Waals surface area contributed by atoms with Crippen molar-refractivity contribution in [2.24, 2.45) is 9.98 Å². The summed E-state index contributed by atoms with van der Waals surface area (Å²) in [5.41, 5.74) is 7.40. The standard InChI is InChI=1S/C17H19N5/c1-12-3-4-14-15(11-12)22-8-5-13(2)19-17(22)16(20-14)21-9-6-18-7-10-21/h3-4,8,11,18H,6-7,9-10H2,1-2H3. The second kappa shape index (κ2) is 5.13. The number of piperazine rings is 1. The van der Waals surface area contributed by atoms with Crippen LogP contribution in [-0.4, -0.2) is 42.8 Å². The van der Waals surface area contributed by atoms with Gasteiger partial charge in [0.05, 0.1) is 23.3 Å². The summed E-state index contributed by atoms with van der Waals surface area (Å²) in [5, 5.41) is 3.39. The molecule has 0 atom stereocenters. The molecule has 112 valence electrons. The molecule has 1 aromatic carbocycles. The topological polar surface area (TPSA) is 43.2 Å². The minimum absolute atomic E-state index is 0.894. The molecule has 0 aliphatic carbocycles. The van der Waals surface area contributed by atoms with E-state index in [9.17, 15) is 0 Å². The van der Waals surface area contributed by atoms with Crippen molar-refractivity contribution in [2.45, 2.75) is 13.8 Å². The van der Waals surface area contributed by atoms with E-state index in [1.54, 1.807) is 0 Å². The van der Waals surface area contributed by atoms with E-state index in [4.69, 9.17) is 9.98 Å². The number of benzene rings is 1. The molecule has 22 heavy (non-hydrogen) atoms. The lowest BCUT2D eigenvalue weighted by molar-refractivity contribution is 0.360. The highest BCUT2D eigenvalue weighted by Crippen LogP contribution is 2.35. The lowest BCUT2D eigenvalue weighted by Crippen LogP contribution is -2.52. The highest BCUT2D eigenvalue weighted by atomic mass is 15.3. The minimum atomic E-state index is 0.894. The summed E-state index contributed by atoms with van der Waals surface area (Å²) in [4.78, 5) is 14.1. The van der Waals surface area contributed by atoms with Crippen molar-refractivity contribution < 1.29 is 0 Å². The zero-order valence-electron chi connectivity index (χ0n) is 12.9. The third-order valence-corrected chi connectivity index (χ3v) is 4.14. The zero-order chi connectivity index (χ0) is 15.1. The molecular formula is C17H19N5. The largest absolute Gasteiger partial charge is 0.351 e. The van der Waals surface area contributed by atoms with Gasteiger partial charge < -0.3 is 10.2 Å². The Balaban J connectivity index is 1.86. The molecule has 1 fully saturated rings. The van der Waals surface area contributed by atoms with Crippen LogP contribution in [0, 0.1) is 6.92 Å². The van der Waals surface area contributed by atoms with Gasteiger partial charge in [0.1, 0.15) is 0 Å². The molecule has 1 aromatic rings. The van der Waals surface area contributed by atoms with Crippen molar-refractivity contribution in [2.75, 3.05) is 31.1 Å². The van der Waals surface area contributed by atoms with E-state index in [0.29, 0.717) is 0 Å². The van der Waals surface area contributed by atoms with E-state index in [2.05, 4.69) is 46.0 Å². The second-order valence-corrected chi connectivity index (χ2v) is 5.83. The molecule has 1 N–H and O–H groups in total. The SMILES string of the molecule is CC1=C=CN2C(=N1)C(N1CCNCC1)=Nc1ccc(C)cc12. The molecule has 0 amide bonds. The number of aliphatic imine (C=N–C) groups is 2. The third kappa shape index (κ3) is 2.15. The summed E-state index contributed by atoms with van der Waals surface area (Å²) < 4.78 is 0. The van der Waals surface area contributed by atoms with Gasteiger partial charge in [0.2, 0.25) is 0 Å². The van der Waals surface area contributed by atoms with Crippen LogP contribution in [0.4, 0.5) is 11.4 Å². The molecule has 5 nitrogen and oxygen atoms in total. The number of anilines is 1. The Morgan fingerprint density at radius 2 is 1.91 bits per heavy atom. The first-order chi connectivity index (χ1) is 10.7. The van der Waals surface area contributed by atoms with Gasteiger partial charge in [0, 0.05) is 26.2 Å². The van der Waals surface area contributed by atoms with E-state index < -0.39 is 0 Å². The van der Waals surface area contributed by atoms with Crippen molar-refractivity contribution in [1.29, 1.82) is 0 Å². The fraction of sp³-hybridized carbons (Fsp3) is 0.353. The predicted octanol–water partition coefficient (Wildman–Crippen LogP) is 2.18. The maximum absolute atomic E-state index is 4.91. The van der Waals surface area contributed by atoms with Crippen LogP contribution in [-0.2, 0) is 0 Å². The Morgan fingerprint density at radius 3 is 2.73 bits per heavy atom. The lowest BCUT2D eigenvalue weighted by Gasteiger charge is -2.37. The zero-order valence-corrected chi connectivity index (χ0v) is 12.9. The second-order valence-electron chi connectivity index (χ2n) is 5.83. The molecule has 0 unspecified atom stereocenters. The quantitative estimate of drug-likeness (QED) is 0.746. The number of amidine groups is 2. The maximum Gasteiger partial charge on any atom is 0.182 e. The van der Waals surface area contributed by atoms with Crippen molar-refractivity contribution in [3.63, 3.8) is 0 Å². The first-order valence-electron chi connectivity index (χ1n) is 7.69. The predicted molar refractivity (Wildman–Crippen MR) is 89.9 cm³/mol.